The average Bonchev–Trinajstić information content (AvgIpc) is 2.30. The van der Waals surface area contributed by atoms with Gasteiger partial charge in [-0.05, 0) is 24.6 Å². The highest BCUT2D eigenvalue weighted by molar-refractivity contribution is 5.77. The third-order valence-corrected chi connectivity index (χ3v) is 1.88. The predicted molar refractivity (Wildman–Crippen MR) is 49.1 cm³/mol. The lowest BCUT2D eigenvalue weighted by molar-refractivity contribution is 0.470. The van der Waals surface area contributed by atoms with Crippen LogP contribution in [0.2, 0.25) is 0 Å². The van der Waals surface area contributed by atoms with Crippen LogP contribution < -0.4 is 0 Å². The van der Waals surface area contributed by atoms with E-state index in [2.05, 4.69) is 4.99 Å². The smallest absolute Gasteiger partial charge is 0.121 e. The van der Waals surface area contributed by atoms with E-state index in [4.69, 9.17) is 0 Å². The Morgan fingerprint density at radius 3 is 3.17 bits per heavy atom. The van der Waals surface area contributed by atoms with Crippen molar-refractivity contribution in [1.82, 2.24) is 0 Å². The largest absolute Gasteiger partial charge is 0.508 e. The summed E-state index contributed by atoms with van der Waals surface area (Å²) in [5, 5.41) is 9.47. The van der Waals surface area contributed by atoms with Crippen molar-refractivity contribution in [1.29, 1.82) is 0 Å². The molecule has 0 amide bonds. The van der Waals surface area contributed by atoms with Gasteiger partial charge >= 0.3 is 0 Å². The number of rotatable bonds is 0. The van der Waals surface area contributed by atoms with Crippen LogP contribution in [0.3, 0.4) is 0 Å². The Hall–Kier alpha value is -1.57. The molecule has 2 rings (SSSR count). The van der Waals surface area contributed by atoms with Gasteiger partial charge < -0.3 is 5.11 Å². The minimum Gasteiger partial charge on any atom is -0.508 e. The number of phenolic OH excluding ortho intramolecular Hbond substituents is 1. The first-order valence-electron chi connectivity index (χ1n) is 3.88. The highest BCUT2D eigenvalue weighted by Crippen LogP contribution is 2.29. The van der Waals surface area contributed by atoms with E-state index in [1.807, 2.05) is 18.2 Å². The molecule has 0 radical (unpaired) electrons. The first-order chi connectivity index (χ1) is 5.88. The first kappa shape index (κ1) is 7.10. The highest BCUT2D eigenvalue weighted by atomic mass is 16.3. The van der Waals surface area contributed by atoms with Crippen LogP contribution in [0.1, 0.15) is 5.56 Å². The summed E-state index contributed by atoms with van der Waals surface area (Å²) in [5.41, 5.74) is 1.77. The van der Waals surface area contributed by atoms with E-state index in [1.54, 1.807) is 18.3 Å². The number of hydrogen-bond donors (Lipinski definition) is 1. The maximum absolute atomic E-state index is 9.47. The van der Waals surface area contributed by atoms with E-state index in [-0.39, 0.29) is 0 Å². The molecule has 60 valence electrons. The third-order valence-electron chi connectivity index (χ3n) is 1.88. The topological polar surface area (TPSA) is 32.6 Å². The second-order valence-electron chi connectivity index (χ2n) is 2.69. The number of aliphatic imine (C=N–C) groups is 1. The van der Waals surface area contributed by atoms with Gasteiger partial charge in [0, 0.05) is 11.8 Å². The molecular formula is C10H9NO. The molecule has 0 bridgehead atoms. The van der Waals surface area contributed by atoms with Gasteiger partial charge in [0.25, 0.3) is 0 Å². The van der Waals surface area contributed by atoms with Crippen LogP contribution in [0, 0.1) is 0 Å². The second-order valence-corrected chi connectivity index (χ2v) is 2.69. The van der Waals surface area contributed by atoms with E-state index in [0.717, 1.165) is 17.7 Å². The van der Waals surface area contributed by atoms with Crippen molar-refractivity contribution < 1.29 is 5.11 Å². The van der Waals surface area contributed by atoms with Crippen molar-refractivity contribution in [2.75, 3.05) is 0 Å². The molecule has 0 aliphatic carbocycles. The lowest BCUT2D eigenvalue weighted by Crippen LogP contribution is -1.81. The van der Waals surface area contributed by atoms with E-state index < -0.39 is 0 Å². The quantitative estimate of drug-likeness (QED) is 0.618. The molecule has 0 saturated carbocycles. The number of allylic oxidation sites excluding steroid dienone is 2. The molecule has 12 heavy (non-hydrogen) atoms. The Bertz CT molecular complexity index is 353. The zero-order valence-corrected chi connectivity index (χ0v) is 6.57. The predicted octanol–water partition coefficient (Wildman–Crippen LogP) is 2.21. The molecular weight excluding hydrogens is 150 g/mol. The van der Waals surface area contributed by atoms with Crippen molar-refractivity contribution in [3.63, 3.8) is 0 Å². The fourth-order valence-corrected chi connectivity index (χ4v) is 1.26. The van der Waals surface area contributed by atoms with E-state index >= 15 is 0 Å². The van der Waals surface area contributed by atoms with Gasteiger partial charge in [-0.25, -0.2) is 0 Å². The molecule has 0 atom stereocenters. The van der Waals surface area contributed by atoms with Crippen LogP contribution in [0.25, 0.3) is 0 Å². The summed E-state index contributed by atoms with van der Waals surface area (Å²) in [7, 11) is 0. The van der Waals surface area contributed by atoms with Crippen LogP contribution in [-0.4, -0.2) is 11.3 Å². The Kier molecular flexibility index (Phi) is 1.67. The maximum Gasteiger partial charge on any atom is 0.121 e. The highest BCUT2D eigenvalue weighted by Gasteiger charge is 2.05. The molecule has 0 aromatic heterocycles. The monoisotopic (exact) mass is 159 g/mol. The molecule has 2 nitrogen and oxygen atoms in total. The molecule has 1 aliphatic rings. The van der Waals surface area contributed by atoms with Crippen molar-refractivity contribution in [3.05, 3.63) is 35.9 Å². The van der Waals surface area contributed by atoms with Crippen LogP contribution >= 0.6 is 0 Å². The van der Waals surface area contributed by atoms with Gasteiger partial charge in [0.2, 0.25) is 0 Å². The summed E-state index contributed by atoms with van der Waals surface area (Å²) in [6.07, 6.45) is 6.36. The van der Waals surface area contributed by atoms with Gasteiger partial charge in [-0.1, -0.05) is 12.1 Å². The molecule has 1 aromatic carbocycles. The van der Waals surface area contributed by atoms with Crippen LogP contribution in [0.5, 0.6) is 5.75 Å². The Morgan fingerprint density at radius 1 is 1.33 bits per heavy atom. The summed E-state index contributed by atoms with van der Waals surface area (Å²) in [6, 6.07) is 5.39. The summed E-state index contributed by atoms with van der Waals surface area (Å²) in [4.78, 5) is 4.18. The van der Waals surface area contributed by atoms with Gasteiger partial charge in [0.15, 0.2) is 0 Å². The zero-order valence-electron chi connectivity index (χ0n) is 6.57. The number of fused-ring (bicyclic) bond motifs is 1. The van der Waals surface area contributed by atoms with Gasteiger partial charge in [-0.15, -0.1) is 0 Å². The Balaban J connectivity index is 2.59. The third kappa shape index (κ3) is 1.11. The van der Waals surface area contributed by atoms with Gasteiger partial charge in [0.05, 0.1) is 5.69 Å². The summed E-state index contributed by atoms with van der Waals surface area (Å²) in [6.45, 7) is 0. The SMILES string of the molecule is Oc1cccc2c1CC=CC=N2. The molecule has 0 fully saturated rings. The molecule has 0 saturated heterocycles. The number of phenols is 1. The fraction of sp³-hybridized carbons (Fsp3) is 0.100. The van der Waals surface area contributed by atoms with Crippen molar-refractivity contribution in [2.45, 2.75) is 6.42 Å². The molecule has 0 spiro atoms. The molecule has 1 aromatic rings. The van der Waals surface area contributed by atoms with Gasteiger partial charge in [-0.2, -0.15) is 0 Å². The van der Waals surface area contributed by atoms with Crippen molar-refractivity contribution >= 4 is 11.9 Å². The fourth-order valence-electron chi connectivity index (χ4n) is 1.26. The van der Waals surface area contributed by atoms with Crippen LogP contribution in [0.4, 0.5) is 5.69 Å². The van der Waals surface area contributed by atoms with E-state index in [1.165, 1.54) is 0 Å². The van der Waals surface area contributed by atoms with E-state index in [0.29, 0.717) is 5.75 Å². The molecule has 1 aliphatic heterocycles. The first-order valence-corrected chi connectivity index (χ1v) is 3.88. The number of nitrogens with zero attached hydrogens (tertiary/aromatic N) is 1. The molecule has 0 unspecified atom stereocenters. The Labute approximate surface area is 70.9 Å². The van der Waals surface area contributed by atoms with Crippen molar-refractivity contribution in [3.8, 4) is 5.75 Å². The number of aromatic hydroxyl groups is 1. The van der Waals surface area contributed by atoms with E-state index in [9.17, 15) is 5.11 Å². The lowest BCUT2D eigenvalue weighted by atomic mass is 10.1. The Morgan fingerprint density at radius 2 is 2.25 bits per heavy atom. The standard InChI is InChI=1S/C10H9NO/c12-10-6-3-5-9-8(10)4-1-2-7-11-9/h1-3,5-7,12H,4H2. The summed E-state index contributed by atoms with van der Waals surface area (Å²) in [5.74, 6) is 0.330. The number of benzene rings is 1. The number of hydrogen-bond acceptors (Lipinski definition) is 2. The molecule has 1 heterocycles. The van der Waals surface area contributed by atoms with Crippen LogP contribution in [0.15, 0.2) is 35.3 Å². The van der Waals surface area contributed by atoms with Gasteiger partial charge in [-0.3, -0.25) is 4.99 Å². The van der Waals surface area contributed by atoms with Crippen LogP contribution in [-0.2, 0) is 6.42 Å². The summed E-state index contributed by atoms with van der Waals surface area (Å²) >= 11 is 0. The minimum atomic E-state index is 0.330. The average molecular weight is 159 g/mol. The minimum absolute atomic E-state index is 0.330. The van der Waals surface area contributed by atoms with Gasteiger partial charge in [0.1, 0.15) is 5.75 Å². The lowest BCUT2D eigenvalue weighted by Gasteiger charge is -2.03. The zero-order chi connectivity index (χ0) is 8.39. The second kappa shape index (κ2) is 2.81. The maximum atomic E-state index is 9.47. The summed E-state index contributed by atoms with van der Waals surface area (Å²) < 4.78 is 0. The molecule has 2 heteroatoms. The van der Waals surface area contributed by atoms with Crippen molar-refractivity contribution in [2.24, 2.45) is 4.99 Å². The normalized spacial score (nSPS) is 14.0. The molecule has 1 N–H and O–H groups in total.